The Morgan fingerprint density at radius 3 is 2.42 bits per heavy atom. The van der Waals surface area contributed by atoms with Gasteiger partial charge in [-0.15, -0.1) is 0 Å². The molecule has 0 unspecified atom stereocenters. The molecule has 1 aromatic carbocycles. The Bertz CT molecular complexity index is 903. The summed E-state index contributed by atoms with van der Waals surface area (Å²) in [6.07, 6.45) is -3.60. The van der Waals surface area contributed by atoms with Gasteiger partial charge in [0.15, 0.2) is 5.82 Å². The molecule has 7 nitrogen and oxygen atoms in total. The first-order chi connectivity index (χ1) is 12.1. The highest BCUT2D eigenvalue weighted by molar-refractivity contribution is 7.89. The van der Waals surface area contributed by atoms with Gasteiger partial charge in [-0.05, 0) is 38.0 Å². The van der Waals surface area contributed by atoms with E-state index in [-0.39, 0.29) is 11.6 Å². The van der Waals surface area contributed by atoms with Crippen molar-refractivity contribution in [3.05, 3.63) is 35.5 Å². The molecule has 0 bridgehead atoms. The third-order valence-corrected chi connectivity index (χ3v) is 5.24. The van der Waals surface area contributed by atoms with Gasteiger partial charge < -0.3 is 9.42 Å². The van der Waals surface area contributed by atoms with Gasteiger partial charge in [0.25, 0.3) is 0 Å². The maximum absolute atomic E-state index is 13.4. The minimum absolute atomic E-state index is 0.00882. The highest BCUT2D eigenvalue weighted by Crippen LogP contribution is 2.40. The molecule has 0 atom stereocenters. The summed E-state index contributed by atoms with van der Waals surface area (Å²) < 4.78 is 68.1. The average molecular weight is 390 g/mol. The highest BCUT2D eigenvalue weighted by atomic mass is 32.2. The number of sulfonamides is 1. The SMILES string of the molecule is Cc1noc(C2CCN(c3ccc(S(N)(=O)=O)cc3C(F)(F)F)CC2)n1. The van der Waals surface area contributed by atoms with Crippen LogP contribution in [0.3, 0.4) is 0 Å². The van der Waals surface area contributed by atoms with Crippen LogP contribution in [0.2, 0.25) is 0 Å². The summed E-state index contributed by atoms with van der Waals surface area (Å²) in [5.41, 5.74) is -1.08. The van der Waals surface area contributed by atoms with Crippen LogP contribution >= 0.6 is 0 Å². The minimum Gasteiger partial charge on any atom is -0.371 e. The fraction of sp³-hybridized carbons (Fsp3) is 0.467. The molecule has 2 aromatic rings. The topological polar surface area (TPSA) is 102 Å². The average Bonchev–Trinajstić information content (AvgIpc) is 2.99. The number of hydrogen-bond acceptors (Lipinski definition) is 6. The summed E-state index contributed by atoms with van der Waals surface area (Å²) in [4.78, 5) is 5.18. The molecule has 1 aliphatic heterocycles. The Labute approximate surface area is 148 Å². The Morgan fingerprint density at radius 1 is 1.27 bits per heavy atom. The molecule has 1 aliphatic rings. The van der Waals surface area contributed by atoms with E-state index in [2.05, 4.69) is 10.1 Å². The lowest BCUT2D eigenvalue weighted by atomic mass is 9.95. The van der Waals surface area contributed by atoms with Gasteiger partial charge in [0.2, 0.25) is 15.9 Å². The van der Waals surface area contributed by atoms with Crippen LogP contribution in [-0.2, 0) is 16.2 Å². The first kappa shape index (κ1) is 18.6. The van der Waals surface area contributed by atoms with Crippen molar-refractivity contribution in [2.24, 2.45) is 5.14 Å². The predicted molar refractivity (Wildman–Crippen MR) is 86.0 cm³/mol. The van der Waals surface area contributed by atoms with Gasteiger partial charge in [-0.1, -0.05) is 5.16 Å². The van der Waals surface area contributed by atoms with Crippen molar-refractivity contribution in [1.29, 1.82) is 0 Å². The largest absolute Gasteiger partial charge is 0.418 e. The smallest absolute Gasteiger partial charge is 0.371 e. The molecule has 2 heterocycles. The fourth-order valence-corrected chi connectivity index (χ4v) is 3.58. The van der Waals surface area contributed by atoms with Crippen molar-refractivity contribution in [1.82, 2.24) is 10.1 Å². The first-order valence-electron chi connectivity index (χ1n) is 7.85. The fourth-order valence-electron chi connectivity index (χ4n) is 3.04. The summed E-state index contributed by atoms with van der Waals surface area (Å²) in [5.74, 6) is 0.994. The molecular formula is C15H17F3N4O3S. The van der Waals surface area contributed by atoms with Crippen molar-refractivity contribution in [3.63, 3.8) is 0 Å². The molecule has 26 heavy (non-hydrogen) atoms. The van der Waals surface area contributed by atoms with E-state index in [9.17, 15) is 21.6 Å². The van der Waals surface area contributed by atoms with Gasteiger partial charge >= 0.3 is 6.18 Å². The Kier molecular flexibility index (Phi) is 4.69. The number of rotatable bonds is 3. The normalized spacial score (nSPS) is 16.9. The van der Waals surface area contributed by atoms with E-state index in [0.717, 1.165) is 12.1 Å². The van der Waals surface area contributed by atoms with E-state index in [1.807, 2.05) is 0 Å². The maximum Gasteiger partial charge on any atom is 0.418 e. The molecule has 1 aromatic heterocycles. The minimum atomic E-state index is -4.70. The molecule has 0 saturated carbocycles. The first-order valence-corrected chi connectivity index (χ1v) is 9.39. The second-order valence-electron chi connectivity index (χ2n) is 6.16. The van der Waals surface area contributed by atoms with E-state index in [4.69, 9.17) is 9.66 Å². The maximum atomic E-state index is 13.4. The van der Waals surface area contributed by atoms with Crippen LogP contribution in [0.1, 0.15) is 36.0 Å². The predicted octanol–water partition coefficient (Wildman–Crippen LogP) is 2.43. The van der Waals surface area contributed by atoms with Gasteiger partial charge in [-0.25, -0.2) is 13.6 Å². The van der Waals surface area contributed by atoms with Crippen molar-refractivity contribution in [2.45, 2.75) is 36.8 Å². The lowest BCUT2D eigenvalue weighted by Gasteiger charge is -2.34. The zero-order chi connectivity index (χ0) is 19.1. The van der Waals surface area contributed by atoms with Crippen LogP contribution in [-0.4, -0.2) is 31.6 Å². The van der Waals surface area contributed by atoms with Crippen molar-refractivity contribution in [2.75, 3.05) is 18.0 Å². The second-order valence-corrected chi connectivity index (χ2v) is 7.72. The molecular weight excluding hydrogens is 373 g/mol. The summed E-state index contributed by atoms with van der Waals surface area (Å²) in [6.45, 7) is 2.40. The molecule has 0 amide bonds. The van der Waals surface area contributed by atoms with E-state index < -0.39 is 26.7 Å². The third kappa shape index (κ3) is 3.83. The summed E-state index contributed by atoms with van der Waals surface area (Å²) in [7, 11) is -4.22. The zero-order valence-corrected chi connectivity index (χ0v) is 14.6. The Balaban J connectivity index is 1.85. The van der Waals surface area contributed by atoms with Crippen LogP contribution < -0.4 is 10.0 Å². The van der Waals surface area contributed by atoms with Crippen molar-refractivity contribution in [3.8, 4) is 0 Å². The van der Waals surface area contributed by atoms with E-state index in [1.54, 1.807) is 11.8 Å². The molecule has 0 spiro atoms. The molecule has 0 radical (unpaired) electrons. The lowest BCUT2D eigenvalue weighted by Crippen LogP contribution is -2.34. The third-order valence-electron chi connectivity index (χ3n) is 4.33. The number of aromatic nitrogens is 2. The second kappa shape index (κ2) is 6.54. The molecule has 2 N–H and O–H groups in total. The van der Waals surface area contributed by atoms with Crippen molar-refractivity contribution >= 4 is 15.7 Å². The van der Waals surface area contributed by atoms with Gasteiger partial charge in [-0.3, -0.25) is 0 Å². The number of hydrogen-bond donors (Lipinski definition) is 1. The molecule has 1 saturated heterocycles. The van der Waals surface area contributed by atoms with E-state index in [1.165, 1.54) is 0 Å². The monoisotopic (exact) mass is 390 g/mol. The quantitative estimate of drug-likeness (QED) is 0.864. The van der Waals surface area contributed by atoms with Crippen LogP contribution in [0.4, 0.5) is 18.9 Å². The van der Waals surface area contributed by atoms with Gasteiger partial charge in [0, 0.05) is 24.7 Å². The van der Waals surface area contributed by atoms with Crippen LogP contribution in [0.15, 0.2) is 27.6 Å². The van der Waals surface area contributed by atoms with E-state index in [0.29, 0.717) is 43.7 Å². The summed E-state index contributed by atoms with van der Waals surface area (Å²) in [5, 5.41) is 8.68. The molecule has 0 aliphatic carbocycles. The Hall–Kier alpha value is -2.14. The summed E-state index contributed by atoms with van der Waals surface area (Å²) >= 11 is 0. The number of benzene rings is 1. The highest BCUT2D eigenvalue weighted by Gasteiger charge is 2.37. The lowest BCUT2D eigenvalue weighted by molar-refractivity contribution is -0.137. The molecule has 142 valence electrons. The summed E-state index contributed by atoms with van der Waals surface area (Å²) in [6, 6.07) is 2.82. The van der Waals surface area contributed by atoms with Crippen LogP contribution in [0.5, 0.6) is 0 Å². The van der Waals surface area contributed by atoms with Crippen LogP contribution in [0, 0.1) is 6.92 Å². The number of nitrogens with two attached hydrogens (primary N) is 1. The van der Waals surface area contributed by atoms with Gasteiger partial charge in [0.1, 0.15) is 0 Å². The Morgan fingerprint density at radius 2 is 1.92 bits per heavy atom. The molecule has 11 heteroatoms. The number of aryl methyl sites for hydroxylation is 1. The number of piperidine rings is 1. The van der Waals surface area contributed by atoms with Crippen molar-refractivity contribution < 1.29 is 26.1 Å². The molecule has 3 rings (SSSR count). The number of halogens is 3. The van der Waals surface area contributed by atoms with Gasteiger partial charge in [0.05, 0.1) is 10.5 Å². The van der Waals surface area contributed by atoms with E-state index >= 15 is 0 Å². The number of nitrogens with zero attached hydrogens (tertiary/aromatic N) is 3. The van der Waals surface area contributed by atoms with Crippen LogP contribution in [0.25, 0.3) is 0 Å². The van der Waals surface area contributed by atoms with Gasteiger partial charge in [-0.2, -0.15) is 18.2 Å². The molecule has 1 fully saturated rings. The zero-order valence-electron chi connectivity index (χ0n) is 13.8. The number of alkyl halides is 3. The number of anilines is 1. The number of primary sulfonamides is 1. The standard InChI is InChI=1S/C15H17F3N4O3S/c1-9-20-14(25-21-9)10-4-6-22(7-5-10)13-3-2-11(26(19,23)24)8-12(13)15(16,17)18/h2-3,8,10H,4-7H2,1H3,(H2,19,23,24).